The smallest absolute Gasteiger partial charge is 0.413 e. The number of rotatable bonds is 3. The number of β-amino-alcohol motifs (C(OH)–C–C–N with tert-alkyl or cyclic N) is 1. The zero-order valence-corrected chi connectivity index (χ0v) is 8.73. The number of hydrogen-bond acceptors (Lipinski definition) is 5. The number of nitrogens with zero attached hydrogens (tertiary/aromatic N) is 1. The van der Waals surface area contributed by atoms with E-state index in [0.29, 0.717) is 19.5 Å². The molecule has 1 heterocycles. The molecule has 1 aliphatic heterocycles. The monoisotopic (exact) mass is 216 g/mol. The van der Waals surface area contributed by atoms with Crippen LogP contribution in [0.25, 0.3) is 0 Å². The highest BCUT2D eigenvalue weighted by Crippen LogP contribution is 2.07. The van der Waals surface area contributed by atoms with E-state index < -0.39 is 12.0 Å². The lowest BCUT2D eigenvalue weighted by Crippen LogP contribution is -2.39. The Hall–Kier alpha value is -1.14. The molecule has 2 amide bonds. The van der Waals surface area contributed by atoms with Crippen LogP contribution in [0.1, 0.15) is 13.3 Å². The Kier molecular flexibility index (Phi) is 4.51. The SMILES string of the molecule is CCOC(=O)NC(=O)CN1CCC(O)C1. The quantitative estimate of drug-likeness (QED) is 0.654. The molecule has 86 valence electrons. The topological polar surface area (TPSA) is 78.9 Å². The van der Waals surface area contributed by atoms with Crippen LogP contribution in [0.15, 0.2) is 0 Å². The average Bonchev–Trinajstić information content (AvgIpc) is 2.51. The predicted molar refractivity (Wildman–Crippen MR) is 52.2 cm³/mol. The van der Waals surface area contributed by atoms with Crippen molar-refractivity contribution in [1.82, 2.24) is 10.2 Å². The van der Waals surface area contributed by atoms with E-state index in [2.05, 4.69) is 10.1 Å². The van der Waals surface area contributed by atoms with Crippen LogP contribution in [0.2, 0.25) is 0 Å². The van der Waals surface area contributed by atoms with Crippen LogP contribution in [0.5, 0.6) is 0 Å². The van der Waals surface area contributed by atoms with Gasteiger partial charge in [0.1, 0.15) is 0 Å². The summed E-state index contributed by atoms with van der Waals surface area (Å²) in [4.78, 5) is 23.9. The third-order valence-corrected chi connectivity index (χ3v) is 2.13. The Bertz CT molecular complexity index is 244. The Labute approximate surface area is 88.2 Å². The number of aliphatic hydroxyl groups excluding tert-OH is 1. The molecule has 15 heavy (non-hydrogen) atoms. The molecule has 1 saturated heterocycles. The summed E-state index contributed by atoms with van der Waals surface area (Å²) >= 11 is 0. The molecular formula is C9H16N2O4. The summed E-state index contributed by atoms with van der Waals surface area (Å²) in [6.45, 7) is 3.19. The minimum atomic E-state index is -0.720. The third-order valence-electron chi connectivity index (χ3n) is 2.13. The second-order valence-electron chi connectivity index (χ2n) is 3.45. The molecule has 0 bridgehead atoms. The summed E-state index contributed by atoms with van der Waals surface area (Å²) in [7, 11) is 0. The Morgan fingerprint density at radius 1 is 1.60 bits per heavy atom. The van der Waals surface area contributed by atoms with Crippen molar-refractivity contribution in [2.24, 2.45) is 0 Å². The number of amides is 2. The van der Waals surface area contributed by atoms with E-state index in [-0.39, 0.29) is 19.3 Å². The summed E-state index contributed by atoms with van der Waals surface area (Å²) in [5, 5.41) is 11.3. The van der Waals surface area contributed by atoms with E-state index in [4.69, 9.17) is 0 Å². The van der Waals surface area contributed by atoms with Gasteiger partial charge in [-0.1, -0.05) is 0 Å². The molecule has 0 aromatic rings. The molecule has 1 rings (SSSR count). The first kappa shape index (κ1) is 11.9. The van der Waals surface area contributed by atoms with Gasteiger partial charge >= 0.3 is 6.09 Å². The second kappa shape index (κ2) is 5.67. The van der Waals surface area contributed by atoms with Crippen molar-refractivity contribution in [1.29, 1.82) is 0 Å². The van der Waals surface area contributed by atoms with Gasteiger partial charge in [0.15, 0.2) is 0 Å². The lowest BCUT2D eigenvalue weighted by molar-refractivity contribution is -0.121. The fourth-order valence-corrected chi connectivity index (χ4v) is 1.48. The first-order valence-corrected chi connectivity index (χ1v) is 4.99. The van der Waals surface area contributed by atoms with Gasteiger partial charge < -0.3 is 9.84 Å². The summed E-state index contributed by atoms with van der Waals surface area (Å²) in [5.74, 6) is -0.400. The molecule has 0 spiro atoms. The van der Waals surface area contributed by atoms with Crippen LogP contribution in [0.4, 0.5) is 4.79 Å². The second-order valence-corrected chi connectivity index (χ2v) is 3.45. The lowest BCUT2D eigenvalue weighted by Gasteiger charge is -2.13. The standard InChI is InChI=1S/C9H16N2O4/c1-2-15-9(14)10-8(13)6-11-4-3-7(12)5-11/h7,12H,2-6H2,1H3,(H,10,13,14). The zero-order chi connectivity index (χ0) is 11.3. The van der Waals surface area contributed by atoms with E-state index in [1.807, 2.05) is 0 Å². The van der Waals surface area contributed by atoms with Crippen LogP contribution < -0.4 is 5.32 Å². The summed E-state index contributed by atoms with van der Waals surface area (Å²) in [6.07, 6.45) is -0.408. The van der Waals surface area contributed by atoms with Crippen LogP contribution >= 0.6 is 0 Å². The fourth-order valence-electron chi connectivity index (χ4n) is 1.48. The highest BCUT2D eigenvalue weighted by molar-refractivity contribution is 5.92. The molecule has 2 N–H and O–H groups in total. The largest absolute Gasteiger partial charge is 0.450 e. The maximum absolute atomic E-state index is 11.3. The molecule has 0 saturated carbocycles. The number of nitrogens with one attached hydrogen (secondary N) is 1. The number of imide groups is 1. The number of carbonyl (C=O) groups is 2. The van der Waals surface area contributed by atoms with E-state index in [0.717, 1.165) is 0 Å². The summed E-state index contributed by atoms with van der Waals surface area (Å²) < 4.78 is 4.56. The number of alkyl carbamates (subject to hydrolysis) is 1. The highest BCUT2D eigenvalue weighted by Gasteiger charge is 2.22. The van der Waals surface area contributed by atoms with Crippen molar-refractivity contribution in [3.05, 3.63) is 0 Å². The Morgan fingerprint density at radius 2 is 2.33 bits per heavy atom. The molecule has 0 aliphatic carbocycles. The molecule has 0 radical (unpaired) electrons. The highest BCUT2D eigenvalue weighted by atomic mass is 16.5. The third kappa shape index (κ3) is 4.26. The van der Waals surface area contributed by atoms with E-state index >= 15 is 0 Å². The van der Waals surface area contributed by atoms with Crippen LogP contribution in [0, 0.1) is 0 Å². The van der Waals surface area contributed by atoms with E-state index in [1.54, 1.807) is 11.8 Å². The molecule has 1 aliphatic rings. The molecule has 1 unspecified atom stereocenters. The van der Waals surface area contributed by atoms with E-state index in [1.165, 1.54) is 0 Å². The van der Waals surface area contributed by atoms with Crippen molar-refractivity contribution >= 4 is 12.0 Å². The first-order valence-electron chi connectivity index (χ1n) is 4.99. The number of aliphatic hydroxyl groups is 1. The maximum atomic E-state index is 11.3. The molecule has 6 heteroatoms. The molecule has 0 aromatic heterocycles. The average molecular weight is 216 g/mol. The van der Waals surface area contributed by atoms with Crippen LogP contribution in [-0.4, -0.2) is 54.4 Å². The van der Waals surface area contributed by atoms with Gasteiger partial charge in [0, 0.05) is 13.1 Å². The van der Waals surface area contributed by atoms with Crippen molar-refractivity contribution in [2.45, 2.75) is 19.4 Å². The van der Waals surface area contributed by atoms with Gasteiger partial charge in [0.25, 0.3) is 0 Å². The van der Waals surface area contributed by atoms with Crippen molar-refractivity contribution in [3.8, 4) is 0 Å². The summed E-state index contributed by atoms with van der Waals surface area (Å²) in [5.41, 5.74) is 0. The molecule has 0 aromatic carbocycles. The maximum Gasteiger partial charge on any atom is 0.413 e. The number of ether oxygens (including phenoxy) is 1. The van der Waals surface area contributed by atoms with Gasteiger partial charge in [-0.2, -0.15) is 0 Å². The zero-order valence-electron chi connectivity index (χ0n) is 8.73. The molecule has 6 nitrogen and oxygen atoms in total. The number of carbonyl (C=O) groups excluding carboxylic acids is 2. The van der Waals surface area contributed by atoms with Gasteiger partial charge in [-0.15, -0.1) is 0 Å². The number of hydrogen-bond donors (Lipinski definition) is 2. The number of likely N-dealkylation sites (tertiary alicyclic amines) is 1. The van der Waals surface area contributed by atoms with Gasteiger partial charge in [0.05, 0.1) is 19.3 Å². The fraction of sp³-hybridized carbons (Fsp3) is 0.778. The molecule has 1 fully saturated rings. The lowest BCUT2D eigenvalue weighted by atomic mass is 10.3. The van der Waals surface area contributed by atoms with Gasteiger partial charge in [-0.25, -0.2) is 4.79 Å². The van der Waals surface area contributed by atoms with Crippen LogP contribution in [0.3, 0.4) is 0 Å². The van der Waals surface area contributed by atoms with Crippen molar-refractivity contribution in [2.75, 3.05) is 26.2 Å². The molecular weight excluding hydrogens is 200 g/mol. The first-order chi connectivity index (χ1) is 7.11. The van der Waals surface area contributed by atoms with Crippen molar-refractivity contribution in [3.63, 3.8) is 0 Å². The minimum absolute atomic E-state index is 0.121. The van der Waals surface area contributed by atoms with Gasteiger partial charge in [0.2, 0.25) is 5.91 Å². The van der Waals surface area contributed by atoms with Crippen LogP contribution in [-0.2, 0) is 9.53 Å². The van der Waals surface area contributed by atoms with Gasteiger partial charge in [-0.05, 0) is 13.3 Å². The molecule has 1 atom stereocenters. The normalized spacial score (nSPS) is 21.3. The van der Waals surface area contributed by atoms with Crippen molar-refractivity contribution < 1.29 is 19.4 Å². The Morgan fingerprint density at radius 3 is 2.87 bits per heavy atom. The van der Waals surface area contributed by atoms with E-state index in [9.17, 15) is 14.7 Å². The Balaban J connectivity index is 2.21. The predicted octanol–water partition coefficient (Wildman–Crippen LogP) is -0.674. The van der Waals surface area contributed by atoms with Gasteiger partial charge in [-0.3, -0.25) is 15.0 Å². The minimum Gasteiger partial charge on any atom is -0.450 e. The summed E-state index contributed by atoms with van der Waals surface area (Å²) in [6, 6.07) is 0.